The Morgan fingerprint density at radius 3 is 2.71 bits per heavy atom. The summed E-state index contributed by atoms with van der Waals surface area (Å²) in [6.45, 7) is 2.38. The molecule has 0 unspecified atom stereocenters. The van der Waals surface area contributed by atoms with E-state index in [1.807, 2.05) is 44.3 Å². The monoisotopic (exact) mass is 232 g/mol. The largest absolute Gasteiger partial charge is 0.489 e. The number of anilines is 1. The van der Waals surface area contributed by atoms with Crippen LogP contribution in [0.2, 0.25) is 0 Å². The number of rotatable bonds is 4. The van der Waals surface area contributed by atoms with E-state index in [9.17, 15) is 0 Å². The third-order valence-corrected chi connectivity index (χ3v) is 2.61. The van der Waals surface area contributed by atoms with Crippen LogP contribution in [0.15, 0.2) is 30.3 Å². The van der Waals surface area contributed by atoms with Crippen LogP contribution >= 0.6 is 0 Å². The Morgan fingerprint density at radius 1 is 1.35 bits per heavy atom. The van der Waals surface area contributed by atoms with Crippen molar-refractivity contribution in [1.82, 2.24) is 9.78 Å². The Kier molecular flexibility index (Phi) is 3.30. The van der Waals surface area contributed by atoms with E-state index in [-0.39, 0.29) is 0 Å². The molecule has 90 valence electrons. The number of ether oxygens (including phenoxy) is 1. The van der Waals surface area contributed by atoms with E-state index < -0.39 is 0 Å². The number of hydrogen-bond donors (Lipinski definition) is 2. The van der Waals surface area contributed by atoms with Gasteiger partial charge in [-0.15, -0.1) is 0 Å². The summed E-state index contributed by atoms with van der Waals surface area (Å²) < 4.78 is 7.39. The first-order chi connectivity index (χ1) is 8.22. The highest BCUT2D eigenvalue weighted by atomic mass is 16.5. The van der Waals surface area contributed by atoms with Gasteiger partial charge >= 0.3 is 0 Å². The lowest BCUT2D eigenvalue weighted by atomic mass is 10.2. The average molecular weight is 232 g/mol. The highest BCUT2D eigenvalue weighted by Crippen LogP contribution is 2.20. The predicted octanol–water partition coefficient (Wildman–Crippen LogP) is 1.59. The maximum absolute atomic E-state index is 5.68. The number of hydrogen-bond acceptors (Lipinski definition) is 4. The van der Waals surface area contributed by atoms with Crippen LogP contribution in [0.25, 0.3) is 0 Å². The van der Waals surface area contributed by atoms with Gasteiger partial charge in [-0.1, -0.05) is 18.2 Å². The third kappa shape index (κ3) is 2.39. The zero-order valence-electron chi connectivity index (χ0n) is 9.97. The molecule has 17 heavy (non-hydrogen) atoms. The van der Waals surface area contributed by atoms with E-state index in [2.05, 4.69) is 10.5 Å². The van der Waals surface area contributed by atoms with Gasteiger partial charge in [0.2, 0.25) is 0 Å². The minimum absolute atomic E-state index is 0.448. The number of nitrogens with zero attached hydrogens (tertiary/aromatic N) is 2. The molecule has 3 N–H and O–H groups in total. The molecule has 1 heterocycles. The Balaban J connectivity index is 2.14. The first-order valence-electron chi connectivity index (χ1n) is 5.39. The van der Waals surface area contributed by atoms with Crippen molar-refractivity contribution in [3.8, 4) is 5.75 Å². The summed E-state index contributed by atoms with van der Waals surface area (Å²) in [5.74, 6) is 7.08. The first-order valence-corrected chi connectivity index (χ1v) is 5.39. The highest BCUT2D eigenvalue weighted by Gasteiger charge is 2.12. The Labute approximate surface area is 100 Å². The smallest absolute Gasteiger partial charge is 0.145 e. The predicted molar refractivity (Wildman–Crippen MR) is 66.5 cm³/mol. The molecule has 5 heteroatoms. The van der Waals surface area contributed by atoms with Crippen LogP contribution in [0.5, 0.6) is 5.75 Å². The van der Waals surface area contributed by atoms with Gasteiger partial charge in [-0.05, 0) is 19.1 Å². The van der Waals surface area contributed by atoms with Crippen LogP contribution in [-0.4, -0.2) is 9.78 Å². The van der Waals surface area contributed by atoms with E-state index in [0.29, 0.717) is 6.61 Å². The van der Waals surface area contributed by atoms with Crippen molar-refractivity contribution < 1.29 is 4.74 Å². The van der Waals surface area contributed by atoms with Crippen molar-refractivity contribution in [2.75, 3.05) is 5.43 Å². The normalized spacial score (nSPS) is 10.3. The Bertz CT molecular complexity index is 493. The van der Waals surface area contributed by atoms with E-state index >= 15 is 0 Å². The van der Waals surface area contributed by atoms with E-state index in [0.717, 1.165) is 22.8 Å². The lowest BCUT2D eigenvalue weighted by Crippen LogP contribution is -2.13. The number of para-hydroxylation sites is 1. The van der Waals surface area contributed by atoms with E-state index in [4.69, 9.17) is 10.6 Å². The fourth-order valence-corrected chi connectivity index (χ4v) is 1.73. The van der Waals surface area contributed by atoms with Gasteiger partial charge in [-0.2, -0.15) is 5.10 Å². The molecule has 2 rings (SSSR count). The van der Waals surface area contributed by atoms with Crippen molar-refractivity contribution in [3.05, 3.63) is 41.6 Å². The summed E-state index contributed by atoms with van der Waals surface area (Å²) in [5, 5.41) is 4.29. The third-order valence-electron chi connectivity index (χ3n) is 2.61. The minimum atomic E-state index is 0.448. The number of aryl methyl sites for hydroxylation is 2. The highest BCUT2D eigenvalue weighted by molar-refractivity contribution is 5.46. The number of nitrogen functional groups attached to an aromatic ring is 1. The number of hydrazine groups is 1. The van der Waals surface area contributed by atoms with Gasteiger partial charge in [0, 0.05) is 7.05 Å². The second-order valence-electron chi connectivity index (χ2n) is 3.78. The molecule has 0 fully saturated rings. The quantitative estimate of drug-likeness (QED) is 0.620. The van der Waals surface area contributed by atoms with Gasteiger partial charge in [0.15, 0.2) is 0 Å². The molecule has 5 nitrogen and oxygen atoms in total. The number of aromatic nitrogens is 2. The molecule has 0 saturated carbocycles. The molecule has 0 bridgehead atoms. The molecule has 0 spiro atoms. The summed E-state index contributed by atoms with van der Waals surface area (Å²) in [6, 6.07) is 9.67. The molecule has 0 atom stereocenters. The standard InChI is InChI=1S/C12H16N4O/c1-9-11(12(14-13)16(2)15-9)8-17-10-6-4-3-5-7-10/h3-7,14H,8,13H2,1-2H3. The SMILES string of the molecule is Cc1nn(C)c(NN)c1COc1ccccc1. The average Bonchev–Trinajstić information content (AvgIpc) is 2.62. The fourth-order valence-electron chi connectivity index (χ4n) is 1.73. The number of nitrogens with two attached hydrogens (primary N) is 1. The summed E-state index contributed by atoms with van der Waals surface area (Å²) in [6.07, 6.45) is 0. The van der Waals surface area contributed by atoms with E-state index in [1.165, 1.54) is 0 Å². The first kappa shape index (κ1) is 11.5. The molecule has 0 aliphatic heterocycles. The van der Waals surface area contributed by atoms with Crippen molar-refractivity contribution in [2.24, 2.45) is 12.9 Å². The van der Waals surface area contributed by atoms with Crippen LogP contribution in [0.4, 0.5) is 5.82 Å². The molecule has 0 aliphatic carbocycles. The lowest BCUT2D eigenvalue weighted by molar-refractivity contribution is 0.306. The summed E-state index contributed by atoms with van der Waals surface area (Å²) >= 11 is 0. The van der Waals surface area contributed by atoms with Crippen molar-refractivity contribution in [3.63, 3.8) is 0 Å². The van der Waals surface area contributed by atoms with Crippen molar-refractivity contribution in [2.45, 2.75) is 13.5 Å². The molecule has 0 saturated heterocycles. The molecule has 0 aliphatic rings. The Hall–Kier alpha value is -2.01. The van der Waals surface area contributed by atoms with Gasteiger partial charge < -0.3 is 10.2 Å². The van der Waals surface area contributed by atoms with Crippen LogP contribution in [0.3, 0.4) is 0 Å². The zero-order chi connectivity index (χ0) is 12.3. The van der Waals surface area contributed by atoms with Crippen LogP contribution in [0, 0.1) is 6.92 Å². The second-order valence-corrected chi connectivity index (χ2v) is 3.78. The number of nitrogens with one attached hydrogen (secondary N) is 1. The van der Waals surface area contributed by atoms with Gasteiger partial charge in [0.05, 0.1) is 11.3 Å². The number of benzene rings is 1. The summed E-state index contributed by atoms with van der Waals surface area (Å²) in [4.78, 5) is 0. The Morgan fingerprint density at radius 2 is 2.06 bits per heavy atom. The maximum Gasteiger partial charge on any atom is 0.145 e. The van der Waals surface area contributed by atoms with Crippen LogP contribution < -0.4 is 16.0 Å². The molecule has 1 aromatic heterocycles. The lowest BCUT2D eigenvalue weighted by Gasteiger charge is -2.07. The van der Waals surface area contributed by atoms with Crippen LogP contribution in [0.1, 0.15) is 11.3 Å². The molecule has 1 aromatic carbocycles. The molecular weight excluding hydrogens is 216 g/mol. The fraction of sp³-hybridized carbons (Fsp3) is 0.250. The van der Waals surface area contributed by atoms with Gasteiger partial charge in [0.25, 0.3) is 0 Å². The minimum Gasteiger partial charge on any atom is -0.489 e. The summed E-state index contributed by atoms with van der Waals surface area (Å²) in [7, 11) is 1.84. The second kappa shape index (κ2) is 4.88. The topological polar surface area (TPSA) is 65.1 Å². The molecular formula is C12H16N4O. The van der Waals surface area contributed by atoms with Crippen molar-refractivity contribution >= 4 is 5.82 Å². The molecule has 0 radical (unpaired) electrons. The van der Waals surface area contributed by atoms with E-state index in [1.54, 1.807) is 4.68 Å². The maximum atomic E-state index is 5.68. The zero-order valence-corrected chi connectivity index (χ0v) is 9.97. The summed E-state index contributed by atoms with van der Waals surface area (Å²) in [5.41, 5.74) is 4.53. The van der Waals surface area contributed by atoms with Gasteiger partial charge in [-0.3, -0.25) is 4.68 Å². The van der Waals surface area contributed by atoms with Gasteiger partial charge in [-0.25, -0.2) is 5.84 Å². The van der Waals surface area contributed by atoms with Crippen molar-refractivity contribution in [1.29, 1.82) is 0 Å². The molecule has 0 amide bonds. The molecule has 2 aromatic rings. The van der Waals surface area contributed by atoms with Gasteiger partial charge in [0.1, 0.15) is 18.2 Å². The van der Waals surface area contributed by atoms with Crippen LogP contribution in [-0.2, 0) is 13.7 Å².